The van der Waals surface area contributed by atoms with Crippen LogP contribution in [0.4, 0.5) is 5.82 Å². The van der Waals surface area contributed by atoms with Crippen molar-refractivity contribution in [1.29, 1.82) is 0 Å². The average Bonchev–Trinajstić information content (AvgIpc) is 3.10. The molecule has 4 aromatic heterocycles. The van der Waals surface area contributed by atoms with E-state index in [9.17, 15) is 0 Å². The third kappa shape index (κ3) is 3.44. The maximum Gasteiger partial charge on any atom is 0.138 e. The SMILES string of the molecule is Cc1cc(-c2[nH]c3nc(-c4ccc(N5CCNCC5)nc4)ccc3c2C)cc(C)n1. The molecule has 0 bridgehead atoms. The molecule has 2 N–H and O–H groups in total. The summed E-state index contributed by atoms with van der Waals surface area (Å²) in [6, 6.07) is 12.7. The van der Waals surface area contributed by atoms with Gasteiger partial charge in [-0.15, -0.1) is 0 Å². The maximum absolute atomic E-state index is 4.90. The van der Waals surface area contributed by atoms with Crippen LogP contribution < -0.4 is 10.2 Å². The third-order valence-corrected chi connectivity index (χ3v) is 5.77. The molecule has 5 rings (SSSR count). The Morgan fingerprint density at radius 1 is 0.867 bits per heavy atom. The zero-order valence-electron chi connectivity index (χ0n) is 17.7. The van der Waals surface area contributed by atoms with E-state index in [0.717, 1.165) is 76.9 Å². The highest BCUT2D eigenvalue weighted by Crippen LogP contribution is 2.31. The van der Waals surface area contributed by atoms with Crippen molar-refractivity contribution in [3.05, 3.63) is 59.5 Å². The summed E-state index contributed by atoms with van der Waals surface area (Å²) in [5, 5.41) is 4.52. The number of nitrogens with zero attached hydrogens (tertiary/aromatic N) is 4. The molecule has 0 aliphatic carbocycles. The van der Waals surface area contributed by atoms with E-state index in [1.54, 1.807) is 0 Å². The molecule has 152 valence electrons. The molecule has 0 atom stereocenters. The number of anilines is 1. The summed E-state index contributed by atoms with van der Waals surface area (Å²) in [4.78, 5) is 19.9. The summed E-state index contributed by atoms with van der Waals surface area (Å²) in [5.74, 6) is 1.03. The van der Waals surface area contributed by atoms with E-state index in [1.807, 2.05) is 20.0 Å². The highest BCUT2D eigenvalue weighted by Gasteiger charge is 2.14. The molecule has 0 saturated carbocycles. The Bertz CT molecular complexity index is 1180. The molecular weight excluding hydrogens is 372 g/mol. The number of H-pyrrole nitrogens is 1. The first-order chi connectivity index (χ1) is 14.6. The Hall–Kier alpha value is -3.25. The summed E-state index contributed by atoms with van der Waals surface area (Å²) in [6.07, 6.45) is 1.93. The molecule has 1 aliphatic rings. The van der Waals surface area contributed by atoms with Crippen LogP contribution in [0.5, 0.6) is 0 Å². The Morgan fingerprint density at radius 3 is 2.33 bits per heavy atom. The van der Waals surface area contributed by atoms with E-state index in [1.165, 1.54) is 5.56 Å². The maximum atomic E-state index is 4.90. The van der Waals surface area contributed by atoms with Crippen molar-refractivity contribution in [2.45, 2.75) is 20.8 Å². The van der Waals surface area contributed by atoms with E-state index < -0.39 is 0 Å². The van der Waals surface area contributed by atoms with Gasteiger partial charge in [-0.1, -0.05) is 0 Å². The first-order valence-corrected chi connectivity index (χ1v) is 10.5. The van der Waals surface area contributed by atoms with Gasteiger partial charge in [0.05, 0.1) is 11.4 Å². The summed E-state index contributed by atoms with van der Waals surface area (Å²) in [7, 11) is 0. The number of aromatic nitrogens is 4. The lowest BCUT2D eigenvalue weighted by Gasteiger charge is -2.28. The van der Waals surface area contributed by atoms with Gasteiger partial charge < -0.3 is 15.2 Å². The average molecular weight is 399 g/mol. The van der Waals surface area contributed by atoms with Crippen molar-refractivity contribution in [2.75, 3.05) is 31.1 Å². The smallest absolute Gasteiger partial charge is 0.138 e. The number of rotatable bonds is 3. The van der Waals surface area contributed by atoms with E-state index in [4.69, 9.17) is 4.98 Å². The minimum absolute atomic E-state index is 0.901. The normalized spacial score (nSPS) is 14.4. The molecule has 4 aromatic rings. The van der Waals surface area contributed by atoms with Gasteiger partial charge in [-0.2, -0.15) is 0 Å². The standard InChI is InChI=1S/C24H26N6/c1-15-12-19(13-16(2)27-15)23-17(3)20-5-6-21(28-24(20)29-23)18-4-7-22(26-14-18)30-10-8-25-9-11-30/h4-7,12-14,25H,8-11H2,1-3H3,(H,28,29). The van der Waals surface area contributed by atoms with Crippen molar-refractivity contribution < 1.29 is 0 Å². The largest absolute Gasteiger partial charge is 0.354 e. The Kier molecular flexibility index (Phi) is 4.71. The zero-order valence-corrected chi connectivity index (χ0v) is 17.7. The van der Waals surface area contributed by atoms with Crippen molar-refractivity contribution in [2.24, 2.45) is 0 Å². The molecule has 0 unspecified atom stereocenters. The molecule has 0 radical (unpaired) electrons. The van der Waals surface area contributed by atoms with Crippen LogP contribution in [-0.4, -0.2) is 46.1 Å². The minimum Gasteiger partial charge on any atom is -0.354 e. The number of hydrogen-bond donors (Lipinski definition) is 2. The van der Waals surface area contributed by atoms with Gasteiger partial charge in [0.15, 0.2) is 0 Å². The number of aryl methyl sites for hydroxylation is 3. The fourth-order valence-electron chi connectivity index (χ4n) is 4.25. The monoisotopic (exact) mass is 398 g/mol. The lowest BCUT2D eigenvalue weighted by atomic mass is 10.1. The van der Waals surface area contributed by atoms with E-state index in [-0.39, 0.29) is 0 Å². The molecular formula is C24H26N6. The lowest BCUT2D eigenvalue weighted by Crippen LogP contribution is -2.43. The molecule has 6 heteroatoms. The van der Waals surface area contributed by atoms with Gasteiger partial charge >= 0.3 is 0 Å². The first kappa shape index (κ1) is 18.8. The van der Waals surface area contributed by atoms with Crippen LogP contribution in [0.1, 0.15) is 17.0 Å². The van der Waals surface area contributed by atoms with Gasteiger partial charge in [0, 0.05) is 60.3 Å². The zero-order chi connectivity index (χ0) is 20.7. The number of hydrogen-bond acceptors (Lipinski definition) is 5. The quantitative estimate of drug-likeness (QED) is 0.545. The van der Waals surface area contributed by atoms with Crippen molar-refractivity contribution in [3.8, 4) is 22.5 Å². The summed E-state index contributed by atoms with van der Waals surface area (Å²) in [5.41, 5.74) is 8.37. The van der Waals surface area contributed by atoms with Gasteiger partial charge in [0.1, 0.15) is 11.5 Å². The van der Waals surface area contributed by atoms with E-state index in [2.05, 4.69) is 68.5 Å². The van der Waals surface area contributed by atoms with Crippen LogP contribution in [0.25, 0.3) is 33.5 Å². The molecule has 1 aliphatic heterocycles. The second kappa shape index (κ2) is 7.54. The highest BCUT2D eigenvalue weighted by atomic mass is 15.2. The Labute approximate surface area is 176 Å². The molecule has 5 heterocycles. The van der Waals surface area contributed by atoms with Gasteiger partial charge in [-0.3, -0.25) is 4.98 Å². The molecule has 1 fully saturated rings. The Balaban J connectivity index is 1.49. The van der Waals surface area contributed by atoms with Crippen molar-refractivity contribution in [1.82, 2.24) is 25.3 Å². The van der Waals surface area contributed by atoms with Crippen LogP contribution in [0.2, 0.25) is 0 Å². The molecule has 0 spiro atoms. The van der Waals surface area contributed by atoms with Gasteiger partial charge in [-0.05, 0) is 62.7 Å². The number of aromatic amines is 1. The Morgan fingerprint density at radius 2 is 1.63 bits per heavy atom. The van der Waals surface area contributed by atoms with Gasteiger partial charge in [0.25, 0.3) is 0 Å². The molecule has 0 aromatic carbocycles. The summed E-state index contributed by atoms with van der Waals surface area (Å²) >= 11 is 0. The fourth-order valence-corrected chi connectivity index (χ4v) is 4.25. The van der Waals surface area contributed by atoms with E-state index >= 15 is 0 Å². The molecule has 30 heavy (non-hydrogen) atoms. The molecule has 6 nitrogen and oxygen atoms in total. The van der Waals surface area contributed by atoms with Crippen LogP contribution in [0.15, 0.2) is 42.6 Å². The molecule has 0 amide bonds. The second-order valence-electron chi connectivity index (χ2n) is 8.00. The van der Waals surface area contributed by atoms with Gasteiger partial charge in [-0.25, -0.2) is 9.97 Å². The number of nitrogens with one attached hydrogen (secondary N) is 2. The van der Waals surface area contributed by atoms with Crippen LogP contribution in [0, 0.1) is 20.8 Å². The number of pyridine rings is 3. The second-order valence-corrected chi connectivity index (χ2v) is 8.00. The topological polar surface area (TPSA) is 69.7 Å². The predicted molar refractivity (Wildman–Crippen MR) is 122 cm³/mol. The lowest BCUT2D eigenvalue weighted by molar-refractivity contribution is 0.585. The third-order valence-electron chi connectivity index (χ3n) is 5.77. The fraction of sp³-hybridized carbons (Fsp3) is 0.292. The summed E-state index contributed by atoms with van der Waals surface area (Å²) < 4.78 is 0. The highest BCUT2D eigenvalue weighted by molar-refractivity contribution is 5.89. The number of fused-ring (bicyclic) bond motifs is 1. The first-order valence-electron chi connectivity index (χ1n) is 10.5. The van der Waals surface area contributed by atoms with Crippen LogP contribution >= 0.6 is 0 Å². The van der Waals surface area contributed by atoms with Crippen LogP contribution in [-0.2, 0) is 0 Å². The van der Waals surface area contributed by atoms with Crippen molar-refractivity contribution in [3.63, 3.8) is 0 Å². The van der Waals surface area contributed by atoms with Gasteiger partial charge in [0.2, 0.25) is 0 Å². The minimum atomic E-state index is 0.901. The number of piperazine rings is 1. The molecule has 1 saturated heterocycles. The van der Waals surface area contributed by atoms with Crippen molar-refractivity contribution >= 4 is 16.9 Å². The van der Waals surface area contributed by atoms with Crippen LogP contribution in [0.3, 0.4) is 0 Å². The summed E-state index contributed by atoms with van der Waals surface area (Å²) in [6.45, 7) is 10.2. The predicted octanol–water partition coefficient (Wildman–Crippen LogP) is 4.02. The van der Waals surface area contributed by atoms with E-state index in [0.29, 0.717) is 0 Å².